The molecule has 0 saturated carbocycles. The van der Waals surface area contributed by atoms with Crippen molar-refractivity contribution in [1.29, 1.82) is 0 Å². The van der Waals surface area contributed by atoms with Crippen molar-refractivity contribution in [1.82, 2.24) is 14.6 Å². The van der Waals surface area contributed by atoms with Crippen LogP contribution in [0.4, 0.5) is 0 Å². The van der Waals surface area contributed by atoms with Crippen molar-refractivity contribution in [3.05, 3.63) is 67.4 Å². The summed E-state index contributed by atoms with van der Waals surface area (Å²) in [5, 5.41) is 4.38. The summed E-state index contributed by atoms with van der Waals surface area (Å²) in [4.78, 5) is 17.8. The van der Waals surface area contributed by atoms with E-state index in [1.807, 2.05) is 36.4 Å². The molecule has 2 aromatic carbocycles. The smallest absolute Gasteiger partial charge is 0.291 e. The monoisotopic (exact) mass is 443 g/mol. The Labute approximate surface area is 166 Å². The highest BCUT2D eigenvalue weighted by Gasteiger charge is 2.14. The largest absolute Gasteiger partial charge is 0.493 e. The Kier molecular flexibility index (Phi) is 4.67. The van der Waals surface area contributed by atoms with Gasteiger partial charge in [-0.05, 0) is 24.3 Å². The Bertz CT molecular complexity index is 1250. The van der Waals surface area contributed by atoms with Crippen molar-refractivity contribution in [3.8, 4) is 22.9 Å². The van der Waals surface area contributed by atoms with Crippen molar-refractivity contribution in [2.75, 3.05) is 14.2 Å². The molecule has 8 heteroatoms. The van der Waals surface area contributed by atoms with Crippen LogP contribution in [0.15, 0.2) is 51.7 Å². The zero-order chi connectivity index (χ0) is 19.0. The molecule has 0 aliphatic heterocycles. The fraction of sp³-hybridized carbons (Fsp3) is 0.105. The van der Waals surface area contributed by atoms with Crippen molar-refractivity contribution in [2.45, 2.75) is 0 Å². The van der Waals surface area contributed by atoms with Gasteiger partial charge in [-0.3, -0.25) is 4.79 Å². The number of hydrogen-bond donors (Lipinski definition) is 0. The van der Waals surface area contributed by atoms with Gasteiger partial charge in [0.2, 0.25) is 4.96 Å². The van der Waals surface area contributed by atoms with Gasteiger partial charge in [0.1, 0.15) is 0 Å². The summed E-state index contributed by atoms with van der Waals surface area (Å²) in [5.41, 5.74) is 1.38. The van der Waals surface area contributed by atoms with Crippen molar-refractivity contribution in [3.63, 3.8) is 0 Å². The minimum atomic E-state index is -0.217. The number of para-hydroxylation sites is 1. The number of halogens is 1. The number of fused-ring (bicyclic) bond motifs is 1. The second-order valence-corrected chi connectivity index (χ2v) is 7.47. The van der Waals surface area contributed by atoms with E-state index >= 15 is 0 Å². The molecule has 27 heavy (non-hydrogen) atoms. The predicted molar refractivity (Wildman–Crippen MR) is 109 cm³/mol. The van der Waals surface area contributed by atoms with E-state index in [0.717, 1.165) is 15.6 Å². The van der Waals surface area contributed by atoms with Gasteiger partial charge in [-0.2, -0.15) is 9.50 Å². The number of rotatable bonds is 4. The molecule has 136 valence electrons. The molecular weight excluding hydrogens is 430 g/mol. The first-order valence-electron chi connectivity index (χ1n) is 7.99. The zero-order valence-electron chi connectivity index (χ0n) is 14.5. The van der Waals surface area contributed by atoms with Crippen LogP contribution in [0.2, 0.25) is 0 Å². The molecule has 4 rings (SSSR count). The Morgan fingerprint density at radius 2 is 1.93 bits per heavy atom. The van der Waals surface area contributed by atoms with Gasteiger partial charge in [0.05, 0.1) is 18.8 Å². The number of ether oxygens (including phenoxy) is 2. The molecule has 0 aliphatic carbocycles. The van der Waals surface area contributed by atoms with Crippen LogP contribution in [-0.4, -0.2) is 28.8 Å². The van der Waals surface area contributed by atoms with E-state index in [-0.39, 0.29) is 5.56 Å². The third-order valence-corrected chi connectivity index (χ3v) is 5.67. The van der Waals surface area contributed by atoms with Gasteiger partial charge in [0.25, 0.3) is 5.56 Å². The Morgan fingerprint density at radius 3 is 2.63 bits per heavy atom. The molecule has 0 N–H and O–H groups in total. The van der Waals surface area contributed by atoms with Crippen molar-refractivity contribution < 1.29 is 9.47 Å². The molecule has 4 aromatic rings. The predicted octanol–water partition coefficient (Wildman–Crippen LogP) is 3.15. The van der Waals surface area contributed by atoms with E-state index in [4.69, 9.17) is 9.47 Å². The number of aromatic nitrogens is 3. The van der Waals surface area contributed by atoms with Crippen LogP contribution < -0.4 is 19.6 Å². The second-order valence-electron chi connectivity index (χ2n) is 5.61. The number of benzene rings is 2. The molecule has 0 aliphatic rings. The lowest BCUT2D eigenvalue weighted by molar-refractivity contribution is 0.354. The lowest BCUT2D eigenvalue weighted by Gasteiger charge is -2.09. The number of nitrogens with zero attached hydrogens (tertiary/aromatic N) is 3. The van der Waals surface area contributed by atoms with Crippen LogP contribution in [0.3, 0.4) is 0 Å². The lowest BCUT2D eigenvalue weighted by atomic mass is 10.2. The van der Waals surface area contributed by atoms with Gasteiger partial charge >= 0.3 is 0 Å². The van der Waals surface area contributed by atoms with Crippen LogP contribution in [0.1, 0.15) is 5.56 Å². The molecular formula is C19H14BrN3O3S. The third kappa shape index (κ3) is 3.11. The van der Waals surface area contributed by atoms with E-state index in [9.17, 15) is 4.79 Å². The fourth-order valence-electron chi connectivity index (χ4n) is 2.76. The van der Waals surface area contributed by atoms with E-state index in [1.54, 1.807) is 26.4 Å². The van der Waals surface area contributed by atoms with Crippen LogP contribution in [0.25, 0.3) is 22.4 Å². The Morgan fingerprint density at radius 1 is 1.11 bits per heavy atom. The van der Waals surface area contributed by atoms with E-state index in [0.29, 0.717) is 26.8 Å². The summed E-state index contributed by atoms with van der Waals surface area (Å²) in [7, 11) is 3.15. The van der Waals surface area contributed by atoms with Crippen LogP contribution in [0, 0.1) is 0 Å². The normalized spacial score (nSPS) is 11.9. The number of methoxy groups -OCH3 is 2. The van der Waals surface area contributed by atoms with E-state index < -0.39 is 0 Å². The van der Waals surface area contributed by atoms with Gasteiger partial charge in [0.15, 0.2) is 17.3 Å². The number of hydrogen-bond acceptors (Lipinski definition) is 6. The molecule has 0 radical (unpaired) electrons. The highest BCUT2D eigenvalue weighted by molar-refractivity contribution is 9.10. The third-order valence-electron chi connectivity index (χ3n) is 4.02. The van der Waals surface area contributed by atoms with Gasteiger partial charge < -0.3 is 9.47 Å². The summed E-state index contributed by atoms with van der Waals surface area (Å²) in [6.07, 6.45) is 1.77. The minimum absolute atomic E-state index is 0.217. The van der Waals surface area contributed by atoms with E-state index in [2.05, 4.69) is 26.0 Å². The Balaban J connectivity index is 1.85. The molecule has 6 nitrogen and oxygen atoms in total. The molecule has 0 spiro atoms. The zero-order valence-corrected chi connectivity index (χ0v) is 16.9. The van der Waals surface area contributed by atoms with Gasteiger partial charge in [-0.25, -0.2) is 0 Å². The van der Waals surface area contributed by atoms with Gasteiger partial charge in [-0.15, -0.1) is 5.10 Å². The molecule has 2 aromatic heterocycles. The second kappa shape index (κ2) is 7.13. The van der Waals surface area contributed by atoms with Gasteiger partial charge in [-0.1, -0.05) is 51.5 Å². The quantitative estimate of drug-likeness (QED) is 0.484. The van der Waals surface area contributed by atoms with Crippen LogP contribution in [0.5, 0.6) is 11.5 Å². The first-order chi connectivity index (χ1) is 13.1. The lowest BCUT2D eigenvalue weighted by Crippen LogP contribution is -2.23. The molecule has 0 bridgehead atoms. The summed E-state index contributed by atoms with van der Waals surface area (Å²) in [6, 6.07) is 13.2. The molecule has 0 unspecified atom stereocenters. The maximum atomic E-state index is 12.8. The van der Waals surface area contributed by atoms with Gasteiger partial charge in [0, 0.05) is 15.6 Å². The first kappa shape index (κ1) is 17.7. The highest BCUT2D eigenvalue weighted by Crippen LogP contribution is 2.31. The molecule has 2 heterocycles. The van der Waals surface area contributed by atoms with Crippen LogP contribution in [-0.2, 0) is 0 Å². The highest BCUT2D eigenvalue weighted by atomic mass is 79.9. The van der Waals surface area contributed by atoms with Crippen molar-refractivity contribution in [2.24, 2.45) is 0 Å². The Hall–Kier alpha value is -2.71. The summed E-state index contributed by atoms with van der Waals surface area (Å²) >= 11 is 4.77. The minimum Gasteiger partial charge on any atom is -0.493 e. The average Bonchev–Trinajstić information content (AvgIpc) is 3.21. The van der Waals surface area contributed by atoms with Crippen molar-refractivity contribution >= 4 is 38.3 Å². The first-order valence-corrected chi connectivity index (χ1v) is 9.60. The maximum Gasteiger partial charge on any atom is 0.291 e. The maximum absolute atomic E-state index is 12.8. The SMILES string of the molecule is COc1cccc(/C=c2/sc3nc(-c4ccccc4Br)nn3c2=O)c1OC. The topological polar surface area (TPSA) is 65.7 Å². The molecule has 0 saturated heterocycles. The molecule has 0 amide bonds. The molecule has 0 atom stereocenters. The molecule has 0 fully saturated rings. The average molecular weight is 444 g/mol. The standard InChI is InChI=1S/C19H14BrN3O3S/c1-25-14-9-5-6-11(16(14)26-2)10-15-18(24)23-19(27-15)21-17(22-23)12-7-3-4-8-13(12)20/h3-10H,1-2H3/b15-10+. The number of thiazole rings is 1. The fourth-order valence-corrected chi connectivity index (χ4v) is 4.12. The summed E-state index contributed by atoms with van der Waals surface area (Å²) in [6.45, 7) is 0. The van der Waals surface area contributed by atoms with Crippen LogP contribution >= 0.6 is 27.3 Å². The summed E-state index contributed by atoms with van der Waals surface area (Å²) < 4.78 is 13.5. The van der Waals surface area contributed by atoms with E-state index in [1.165, 1.54) is 15.9 Å². The summed E-state index contributed by atoms with van der Waals surface area (Å²) in [5.74, 6) is 1.69.